The molecular formula is C36H58N7O10P. The molecule has 1 amide bonds. The second-order valence-corrected chi connectivity index (χ2v) is 16.4. The van der Waals surface area contributed by atoms with Gasteiger partial charge in [-0.1, -0.05) is 52.4 Å². The van der Waals surface area contributed by atoms with E-state index in [0.29, 0.717) is 22.7 Å². The number of hydrogen-bond acceptors (Lipinski definition) is 13. The number of allylic oxidation sites excluding steroid dienone is 1. The molecule has 1 atom stereocenters. The van der Waals surface area contributed by atoms with Crippen LogP contribution in [0.25, 0.3) is 11.2 Å². The molecule has 0 radical (unpaired) electrons. The summed E-state index contributed by atoms with van der Waals surface area (Å²) in [4.78, 5) is 51.7. The normalized spacial score (nSPS) is 14.1. The Labute approximate surface area is 317 Å². The van der Waals surface area contributed by atoms with Crippen molar-refractivity contribution in [2.24, 2.45) is 0 Å². The second-order valence-electron chi connectivity index (χ2n) is 14.3. The molecule has 0 saturated heterocycles. The van der Waals surface area contributed by atoms with Crippen LogP contribution in [-0.4, -0.2) is 80.9 Å². The molecule has 0 spiro atoms. The molecule has 0 saturated carbocycles. The number of fused-ring (bicyclic) bond motifs is 1. The Kier molecular flexibility index (Phi) is 16.9. The Morgan fingerprint density at radius 2 is 1.48 bits per heavy atom. The van der Waals surface area contributed by atoms with Gasteiger partial charge in [0.15, 0.2) is 29.3 Å². The van der Waals surface area contributed by atoms with E-state index in [0.717, 1.165) is 51.4 Å². The Morgan fingerprint density at radius 3 is 2.02 bits per heavy atom. The molecule has 3 N–H and O–H groups in total. The third-order valence-corrected chi connectivity index (χ3v) is 10.6. The minimum atomic E-state index is -3.87. The quantitative estimate of drug-likeness (QED) is 0.0441. The van der Waals surface area contributed by atoms with Gasteiger partial charge in [0.2, 0.25) is 7.44 Å². The van der Waals surface area contributed by atoms with Crippen molar-refractivity contribution in [1.82, 2.24) is 29.7 Å². The van der Waals surface area contributed by atoms with Gasteiger partial charge in [-0.05, 0) is 61.0 Å². The molecule has 0 bridgehead atoms. The van der Waals surface area contributed by atoms with Gasteiger partial charge in [0.05, 0.1) is 32.2 Å². The van der Waals surface area contributed by atoms with E-state index >= 15 is 0 Å². The summed E-state index contributed by atoms with van der Waals surface area (Å²) in [5.74, 6) is -0.192. The number of amides is 1. The highest BCUT2D eigenvalue weighted by atomic mass is 31.2. The Hall–Kier alpha value is -4.05. The van der Waals surface area contributed by atoms with Crippen LogP contribution in [0.4, 0.5) is 10.6 Å². The van der Waals surface area contributed by atoms with E-state index in [1.807, 2.05) is 0 Å². The fourth-order valence-electron chi connectivity index (χ4n) is 5.36. The molecule has 302 valence electrons. The molecule has 18 heteroatoms. The average molecular weight is 780 g/mol. The standard InChI is InChI=1S/C36H58N7O10P/c1-10-12-14-16-18-48-32(44)35(6,7)41-54(47,42-36(8,9)33(45)49-19-17-15-13-11-2)24-51-25(3)20-43-23-39-29-30(37-22-38-31(29)43)40-34(46)50-21-28-26(4)52-27(5)53-28/h22-23,25H,5,10-21,24H2,1-4,6-9H3,(H2,41,42,47)(H,37,38,40,46)/t25-/m1/s1. The molecule has 3 rings (SSSR count). The minimum absolute atomic E-state index is 0.0946. The number of rotatable bonds is 24. The lowest BCUT2D eigenvalue weighted by Gasteiger charge is -2.35. The lowest BCUT2D eigenvalue weighted by molar-refractivity contribution is -0.149. The van der Waals surface area contributed by atoms with Crippen molar-refractivity contribution in [2.75, 3.05) is 31.5 Å². The largest absolute Gasteiger partial charge is 0.464 e. The maximum absolute atomic E-state index is 14.6. The summed E-state index contributed by atoms with van der Waals surface area (Å²) in [5, 5.41) is 8.45. The van der Waals surface area contributed by atoms with Crippen LogP contribution in [-0.2, 0) is 49.1 Å². The van der Waals surface area contributed by atoms with Gasteiger partial charge >= 0.3 is 18.0 Å². The Morgan fingerprint density at radius 1 is 0.889 bits per heavy atom. The van der Waals surface area contributed by atoms with Crippen molar-refractivity contribution < 1.29 is 47.4 Å². The summed E-state index contributed by atoms with van der Waals surface area (Å²) in [6.45, 7) is 18.0. The summed E-state index contributed by atoms with van der Waals surface area (Å²) >= 11 is 0. The SMILES string of the molecule is C=C1OC(C)=C(COC(=O)Nc2ncnc3c2ncn3C[C@@H](C)OCP(=O)(NC(C)(C)C(=O)OCCCCCC)NC(C)(C)C(=O)OCCCCCC)O1. The smallest absolute Gasteiger partial charge is 0.413 e. The van der Waals surface area contributed by atoms with Crippen molar-refractivity contribution in [3.63, 3.8) is 0 Å². The first-order valence-electron chi connectivity index (χ1n) is 18.5. The van der Waals surface area contributed by atoms with Crippen molar-refractivity contribution >= 4 is 42.5 Å². The van der Waals surface area contributed by atoms with Gasteiger partial charge in [-0.2, -0.15) is 0 Å². The number of nitrogens with one attached hydrogen (secondary N) is 3. The summed E-state index contributed by atoms with van der Waals surface area (Å²) in [6, 6.07) is 0. The van der Waals surface area contributed by atoms with Crippen molar-refractivity contribution in [2.45, 2.75) is 130 Å². The molecule has 1 aliphatic heterocycles. The molecule has 0 aromatic carbocycles. The zero-order valence-corrected chi connectivity index (χ0v) is 33.8. The van der Waals surface area contributed by atoms with Gasteiger partial charge in [0.25, 0.3) is 5.95 Å². The first kappa shape index (κ1) is 44.3. The van der Waals surface area contributed by atoms with Crippen LogP contribution in [0.1, 0.15) is 107 Å². The fourth-order valence-corrected chi connectivity index (χ4v) is 7.99. The number of ether oxygens (including phenoxy) is 6. The first-order valence-corrected chi connectivity index (χ1v) is 20.4. The van der Waals surface area contributed by atoms with Gasteiger partial charge in [-0.3, -0.25) is 19.5 Å². The van der Waals surface area contributed by atoms with Crippen LogP contribution in [0.15, 0.2) is 36.7 Å². The average Bonchev–Trinajstić information content (AvgIpc) is 3.66. The van der Waals surface area contributed by atoms with Crippen LogP contribution < -0.4 is 15.5 Å². The maximum Gasteiger partial charge on any atom is 0.413 e. The number of unbranched alkanes of at least 4 members (excludes halogenated alkanes) is 6. The van der Waals surface area contributed by atoms with Gasteiger partial charge in [0.1, 0.15) is 29.5 Å². The predicted octanol–water partition coefficient (Wildman–Crippen LogP) is 6.66. The molecule has 3 heterocycles. The van der Waals surface area contributed by atoms with Crippen LogP contribution in [0.3, 0.4) is 0 Å². The zero-order chi connectivity index (χ0) is 39.9. The number of nitrogens with zero attached hydrogens (tertiary/aromatic N) is 4. The summed E-state index contributed by atoms with van der Waals surface area (Å²) < 4.78 is 49.2. The summed E-state index contributed by atoms with van der Waals surface area (Å²) in [7, 11) is -3.87. The third kappa shape index (κ3) is 13.7. The number of carbonyl (C=O) groups is 3. The molecule has 0 fully saturated rings. The van der Waals surface area contributed by atoms with E-state index in [9.17, 15) is 18.9 Å². The van der Waals surface area contributed by atoms with E-state index in [-0.39, 0.29) is 38.1 Å². The molecular weight excluding hydrogens is 721 g/mol. The van der Waals surface area contributed by atoms with Gasteiger partial charge in [-0.15, -0.1) is 0 Å². The molecule has 2 aromatic heterocycles. The summed E-state index contributed by atoms with van der Waals surface area (Å²) in [6.07, 6.45) is 8.49. The van der Waals surface area contributed by atoms with Crippen LogP contribution >= 0.6 is 7.44 Å². The number of esters is 2. The molecule has 17 nitrogen and oxygen atoms in total. The van der Waals surface area contributed by atoms with Crippen LogP contribution in [0.2, 0.25) is 0 Å². The first-order chi connectivity index (χ1) is 25.5. The highest BCUT2D eigenvalue weighted by molar-refractivity contribution is 7.59. The monoisotopic (exact) mass is 779 g/mol. The van der Waals surface area contributed by atoms with Crippen molar-refractivity contribution in [1.29, 1.82) is 0 Å². The van der Waals surface area contributed by atoms with Crippen LogP contribution in [0.5, 0.6) is 0 Å². The van der Waals surface area contributed by atoms with Gasteiger partial charge in [0, 0.05) is 0 Å². The lowest BCUT2D eigenvalue weighted by atomic mass is 10.1. The van der Waals surface area contributed by atoms with Crippen molar-refractivity contribution in [3.05, 3.63) is 36.7 Å². The third-order valence-electron chi connectivity index (χ3n) is 8.25. The van der Waals surface area contributed by atoms with Gasteiger partial charge < -0.3 is 33.0 Å². The highest BCUT2D eigenvalue weighted by Gasteiger charge is 2.43. The molecule has 2 aromatic rings. The lowest BCUT2D eigenvalue weighted by Crippen LogP contribution is -2.54. The molecule has 0 unspecified atom stereocenters. The molecule has 0 aliphatic carbocycles. The number of hydrogen-bond donors (Lipinski definition) is 3. The number of imidazole rings is 1. The number of carbonyl (C=O) groups excluding carboxylic acids is 3. The van der Waals surface area contributed by atoms with E-state index in [1.54, 1.807) is 46.1 Å². The van der Waals surface area contributed by atoms with E-state index in [4.69, 9.17) is 28.4 Å². The number of aromatic nitrogens is 4. The number of anilines is 1. The Balaban J connectivity index is 1.70. The van der Waals surface area contributed by atoms with E-state index in [1.165, 1.54) is 12.7 Å². The topological polar surface area (TPSA) is 203 Å². The van der Waals surface area contributed by atoms with Crippen LogP contribution in [0, 0.1) is 0 Å². The summed E-state index contributed by atoms with van der Waals surface area (Å²) in [5.41, 5.74) is -2.11. The van der Waals surface area contributed by atoms with E-state index in [2.05, 4.69) is 50.9 Å². The fraction of sp³-hybridized carbons (Fsp3) is 0.667. The van der Waals surface area contributed by atoms with Gasteiger partial charge in [-0.25, -0.2) is 29.9 Å². The second kappa shape index (κ2) is 20.6. The molecule has 54 heavy (non-hydrogen) atoms. The minimum Gasteiger partial charge on any atom is -0.464 e. The maximum atomic E-state index is 14.6. The van der Waals surface area contributed by atoms with Crippen molar-refractivity contribution in [3.8, 4) is 0 Å². The van der Waals surface area contributed by atoms with E-state index < -0.39 is 49.0 Å². The highest BCUT2D eigenvalue weighted by Crippen LogP contribution is 2.42. The Bertz CT molecular complexity index is 1630. The molecule has 1 aliphatic rings. The predicted molar refractivity (Wildman–Crippen MR) is 202 cm³/mol. The zero-order valence-electron chi connectivity index (χ0n) is 33.0.